The minimum absolute atomic E-state index is 0.0120. The average Bonchev–Trinajstić information content (AvgIpc) is 3.10. The number of sulfonamides is 1. The van der Waals surface area contributed by atoms with E-state index in [1.165, 1.54) is 0 Å². The lowest BCUT2D eigenvalue weighted by Gasteiger charge is -2.08. The first-order valence-corrected chi connectivity index (χ1v) is 10.7. The molecule has 11 heteroatoms. The molecule has 0 unspecified atom stereocenters. The number of anilines is 1. The van der Waals surface area contributed by atoms with E-state index >= 15 is 0 Å². The van der Waals surface area contributed by atoms with Crippen molar-refractivity contribution in [2.75, 3.05) is 38.2 Å². The van der Waals surface area contributed by atoms with Crippen LogP contribution in [0, 0.1) is 6.92 Å². The van der Waals surface area contributed by atoms with Gasteiger partial charge in [-0.1, -0.05) is 12.1 Å². The fourth-order valence-electron chi connectivity index (χ4n) is 2.66. The number of benzene rings is 1. The van der Waals surface area contributed by atoms with Crippen molar-refractivity contribution in [2.24, 2.45) is 0 Å². The molecule has 0 radical (unpaired) electrons. The second kappa shape index (κ2) is 9.74. The van der Waals surface area contributed by atoms with Gasteiger partial charge in [0.2, 0.25) is 10.0 Å². The third-order valence-electron chi connectivity index (χ3n) is 4.06. The van der Waals surface area contributed by atoms with Crippen LogP contribution in [0.15, 0.2) is 41.3 Å². The Balaban J connectivity index is 1.60. The van der Waals surface area contributed by atoms with Crippen molar-refractivity contribution in [1.82, 2.24) is 24.5 Å². The highest BCUT2D eigenvalue weighted by molar-refractivity contribution is 7.89. The minimum atomic E-state index is -3.59. The molecular weight excluding hydrogens is 396 g/mol. The smallest absolute Gasteiger partial charge is 0.240 e. The van der Waals surface area contributed by atoms with E-state index in [4.69, 9.17) is 9.84 Å². The van der Waals surface area contributed by atoms with Crippen LogP contribution in [0.25, 0.3) is 5.65 Å². The van der Waals surface area contributed by atoms with Crippen molar-refractivity contribution in [3.8, 4) is 0 Å². The predicted molar refractivity (Wildman–Crippen MR) is 107 cm³/mol. The fourth-order valence-corrected chi connectivity index (χ4v) is 3.80. The Bertz CT molecular complexity index is 1050. The number of ether oxygens (including phenoxy) is 1. The molecule has 29 heavy (non-hydrogen) atoms. The highest BCUT2D eigenvalue weighted by Crippen LogP contribution is 2.11. The van der Waals surface area contributed by atoms with Crippen molar-refractivity contribution < 1.29 is 18.3 Å². The lowest BCUT2D eigenvalue weighted by molar-refractivity contribution is 0.0992. The van der Waals surface area contributed by atoms with Gasteiger partial charge in [0, 0.05) is 19.5 Å². The van der Waals surface area contributed by atoms with E-state index in [2.05, 4.69) is 25.3 Å². The van der Waals surface area contributed by atoms with E-state index < -0.39 is 10.0 Å². The van der Waals surface area contributed by atoms with Gasteiger partial charge in [0.05, 0.1) is 24.7 Å². The summed E-state index contributed by atoms with van der Waals surface area (Å²) in [4.78, 5) is 0.233. The van der Waals surface area contributed by atoms with Gasteiger partial charge in [-0.15, -0.1) is 15.3 Å². The third-order valence-corrected chi connectivity index (χ3v) is 5.51. The first kappa shape index (κ1) is 21.1. The van der Waals surface area contributed by atoms with E-state index in [1.807, 2.05) is 13.0 Å². The standard InChI is InChI=1S/C18H24N6O4S/c1-14-3-2-4-15(13-14)29(26,27)20-8-7-18-22-21-17-6-5-16(23-24(17)18)19-9-11-28-12-10-25/h2-6,13,20,25H,7-12H2,1H3,(H,19,23). The molecule has 0 saturated carbocycles. The summed E-state index contributed by atoms with van der Waals surface area (Å²) in [5, 5.41) is 24.4. The molecule has 0 atom stereocenters. The topological polar surface area (TPSA) is 131 Å². The highest BCUT2D eigenvalue weighted by atomic mass is 32.2. The Hall–Kier alpha value is -2.60. The van der Waals surface area contributed by atoms with Crippen LogP contribution < -0.4 is 10.0 Å². The van der Waals surface area contributed by atoms with Crippen molar-refractivity contribution in [2.45, 2.75) is 18.2 Å². The van der Waals surface area contributed by atoms with Crippen LogP contribution >= 0.6 is 0 Å². The molecule has 10 nitrogen and oxygen atoms in total. The number of aryl methyl sites for hydroxylation is 1. The Labute approximate surface area is 169 Å². The molecule has 0 bridgehead atoms. The summed E-state index contributed by atoms with van der Waals surface area (Å²) in [5.74, 6) is 1.17. The lowest BCUT2D eigenvalue weighted by Crippen LogP contribution is -2.26. The second-order valence-electron chi connectivity index (χ2n) is 6.33. The number of fused-ring (bicyclic) bond motifs is 1. The van der Waals surface area contributed by atoms with Crippen LogP contribution in [0.5, 0.6) is 0 Å². The molecule has 0 fully saturated rings. The van der Waals surface area contributed by atoms with Crippen LogP contribution in [-0.2, 0) is 21.2 Å². The Morgan fingerprint density at radius 1 is 1.14 bits per heavy atom. The number of aliphatic hydroxyl groups excluding tert-OH is 1. The zero-order valence-electron chi connectivity index (χ0n) is 16.1. The predicted octanol–water partition coefficient (Wildman–Crippen LogP) is 0.375. The molecule has 0 aliphatic rings. The van der Waals surface area contributed by atoms with Crippen molar-refractivity contribution in [1.29, 1.82) is 0 Å². The molecule has 2 heterocycles. The van der Waals surface area contributed by atoms with Gasteiger partial charge < -0.3 is 15.2 Å². The molecule has 3 rings (SSSR count). The van der Waals surface area contributed by atoms with Crippen molar-refractivity contribution >= 4 is 21.5 Å². The maximum atomic E-state index is 12.4. The summed E-state index contributed by atoms with van der Waals surface area (Å²) in [7, 11) is -3.59. The van der Waals surface area contributed by atoms with Crippen molar-refractivity contribution in [3.63, 3.8) is 0 Å². The molecule has 0 aliphatic heterocycles. The quantitative estimate of drug-likeness (QED) is 0.379. The number of nitrogens with one attached hydrogen (secondary N) is 2. The van der Waals surface area contributed by atoms with Crippen LogP contribution in [0.4, 0.5) is 5.82 Å². The first-order valence-electron chi connectivity index (χ1n) is 9.20. The van der Waals surface area contributed by atoms with Crippen LogP contribution in [-0.4, -0.2) is 66.2 Å². The summed E-state index contributed by atoms with van der Waals surface area (Å²) >= 11 is 0. The number of hydrogen-bond donors (Lipinski definition) is 3. The Morgan fingerprint density at radius 3 is 2.79 bits per heavy atom. The number of aliphatic hydroxyl groups is 1. The second-order valence-corrected chi connectivity index (χ2v) is 8.10. The van der Waals surface area contributed by atoms with Crippen LogP contribution in [0.2, 0.25) is 0 Å². The monoisotopic (exact) mass is 420 g/mol. The molecule has 0 amide bonds. The minimum Gasteiger partial charge on any atom is -0.394 e. The molecule has 2 aromatic heterocycles. The molecule has 0 aliphatic carbocycles. The fraction of sp³-hybridized carbons (Fsp3) is 0.389. The van der Waals surface area contributed by atoms with Crippen LogP contribution in [0.3, 0.4) is 0 Å². The molecule has 0 saturated heterocycles. The Kier molecular flexibility index (Phi) is 7.09. The van der Waals surface area contributed by atoms with E-state index in [9.17, 15) is 8.42 Å². The molecule has 3 aromatic rings. The molecule has 3 N–H and O–H groups in total. The van der Waals surface area contributed by atoms with Crippen LogP contribution in [0.1, 0.15) is 11.4 Å². The summed E-state index contributed by atoms with van der Waals surface area (Å²) in [6, 6.07) is 10.3. The largest absolute Gasteiger partial charge is 0.394 e. The number of hydrogen-bond acceptors (Lipinski definition) is 8. The van der Waals surface area contributed by atoms with Gasteiger partial charge in [-0.2, -0.15) is 4.52 Å². The van der Waals surface area contributed by atoms with E-state index in [0.29, 0.717) is 43.5 Å². The van der Waals surface area contributed by atoms with E-state index in [1.54, 1.807) is 34.8 Å². The zero-order valence-corrected chi connectivity index (χ0v) is 16.9. The molecule has 0 spiro atoms. The van der Waals surface area contributed by atoms with Gasteiger partial charge >= 0.3 is 0 Å². The zero-order chi connectivity index (χ0) is 20.7. The summed E-state index contributed by atoms with van der Waals surface area (Å²) in [6.45, 7) is 3.27. The van der Waals surface area contributed by atoms with Crippen molar-refractivity contribution in [3.05, 3.63) is 47.8 Å². The van der Waals surface area contributed by atoms with Gasteiger partial charge in [0.1, 0.15) is 5.82 Å². The SMILES string of the molecule is Cc1cccc(S(=O)(=O)NCCc2nnc3ccc(NCCOCCO)nn23)c1. The van der Waals surface area contributed by atoms with Gasteiger partial charge in [-0.25, -0.2) is 13.1 Å². The molecule has 156 valence electrons. The summed E-state index contributed by atoms with van der Waals surface area (Å²) in [5.41, 5.74) is 1.45. The molecule has 1 aromatic carbocycles. The third kappa shape index (κ3) is 5.70. The average molecular weight is 420 g/mol. The number of aromatic nitrogens is 4. The number of rotatable bonds is 11. The number of nitrogens with zero attached hydrogens (tertiary/aromatic N) is 4. The van der Waals surface area contributed by atoms with Gasteiger partial charge in [0.15, 0.2) is 11.5 Å². The van der Waals surface area contributed by atoms with E-state index in [-0.39, 0.29) is 18.0 Å². The summed E-state index contributed by atoms with van der Waals surface area (Å²) in [6.07, 6.45) is 0.336. The maximum Gasteiger partial charge on any atom is 0.240 e. The highest BCUT2D eigenvalue weighted by Gasteiger charge is 2.15. The molecular formula is C18H24N6O4S. The maximum absolute atomic E-state index is 12.4. The van der Waals surface area contributed by atoms with Gasteiger partial charge in [0.25, 0.3) is 0 Å². The lowest BCUT2D eigenvalue weighted by atomic mass is 10.2. The van der Waals surface area contributed by atoms with E-state index in [0.717, 1.165) is 5.56 Å². The van der Waals surface area contributed by atoms with Gasteiger partial charge in [-0.05, 0) is 36.8 Å². The van der Waals surface area contributed by atoms with Gasteiger partial charge in [-0.3, -0.25) is 0 Å². The Morgan fingerprint density at radius 2 is 2.00 bits per heavy atom. The normalized spacial score (nSPS) is 11.8. The summed E-state index contributed by atoms with van der Waals surface area (Å²) < 4.78 is 34.2. The first-order chi connectivity index (χ1) is 14.0.